The van der Waals surface area contributed by atoms with Gasteiger partial charge in [-0.15, -0.1) is 0 Å². The van der Waals surface area contributed by atoms with E-state index in [0.717, 1.165) is 11.1 Å². The molecule has 0 bridgehead atoms. The molecular formula is C57H86O22. The smallest absolute Gasteiger partial charge is 0.331 e. The van der Waals surface area contributed by atoms with Crippen molar-refractivity contribution in [1.29, 1.82) is 0 Å². The Balaban J connectivity index is 0.815. The zero-order chi connectivity index (χ0) is 57.1. The summed E-state index contributed by atoms with van der Waals surface area (Å²) in [6.07, 6.45) is -13.5. The minimum Gasteiger partial charge on any atom is -0.458 e. The molecule has 9 rings (SSSR count). The van der Waals surface area contributed by atoms with Crippen LogP contribution in [0.4, 0.5) is 0 Å². The predicted molar refractivity (Wildman–Crippen MR) is 276 cm³/mol. The Kier molecular flexibility index (Phi) is 18.4. The molecule has 0 unspecified atom stereocenters. The van der Waals surface area contributed by atoms with Crippen molar-refractivity contribution in [2.24, 2.45) is 16.7 Å². The lowest BCUT2D eigenvalue weighted by molar-refractivity contribution is -0.373. The number of hydrogen-bond donors (Lipinski definition) is 9. The number of methoxy groups -OCH3 is 3. The molecule has 7 fully saturated rings. The number of hydrogen-bond acceptors (Lipinski definition) is 22. The molecule has 4 saturated heterocycles. The summed E-state index contributed by atoms with van der Waals surface area (Å²) >= 11 is 0. The largest absolute Gasteiger partial charge is 0.458 e. The first kappa shape index (κ1) is 60.9. The lowest BCUT2D eigenvalue weighted by Gasteiger charge is -2.67. The van der Waals surface area contributed by atoms with E-state index in [4.69, 9.17) is 56.8 Å². The number of carbonyl (C=O) groups is 1. The zero-order valence-corrected chi connectivity index (χ0v) is 46.7. The zero-order valence-electron chi connectivity index (χ0n) is 46.7. The lowest BCUT2D eigenvalue weighted by Crippen LogP contribution is -2.78. The van der Waals surface area contributed by atoms with Gasteiger partial charge >= 0.3 is 5.97 Å². The number of esters is 1. The Bertz CT molecular complexity index is 2290. The predicted octanol–water partition coefficient (Wildman–Crippen LogP) is 1.29. The molecule has 1 aromatic carbocycles. The fraction of sp³-hybridized carbons (Fsp3) is 0.807. The molecule has 22 heteroatoms. The van der Waals surface area contributed by atoms with E-state index in [1.54, 1.807) is 34.0 Å². The molecule has 27 atom stereocenters. The van der Waals surface area contributed by atoms with Gasteiger partial charge in [-0.25, -0.2) is 4.79 Å². The molecule has 4 aliphatic heterocycles. The molecule has 0 radical (unpaired) electrons. The maximum atomic E-state index is 13.6. The molecule has 0 aromatic heterocycles. The molecular weight excluding hydrogens is 1040 g/mol. The maximum Gasteiger partial charge on any atom is 0.331 e. The van der Waals surface area contributed by atoms with Crippen molar-refractivity contribution >= 4 is 12.0 Å². The molecule has 4 aliphatic carbocycles. The summed E-state index contributed by atoms with van der Waals surface area (Å²) in [5.74, 6) is -1.24. The van der Waals surface area contributed by atoms with Crippen LogP contribution in [0.25, 0.3) is 6.08 Å². The monoisotopic (exact) mass is 1120 g/mol. The molecule has 0 amide bonds. The van der Waals surface area contributed by atoms with E-state index in [1.165, 1.54) is 27.2 Å². The van der Waals surface area contributed by atoms with Gasteiger partial charge in [0.25, 0.3) is 0 Å². The Morgan fingerprint density at radius 3 is 1.95 bits per heavy atom. The first-order valence-electron chi connectivity index (χ1n) is 28.0. The van der Waals surface area contributed by atoms with Gasteiger partial charge in [0, 0.05) is 46.2 Å². The number of carbonyl (C=O) groups excluding carboxylic acids is 1. The maximum absolute atomic E-state index is 13.6. The van der Waals surface area contributed by atoms with Crippen LogP contribution in [-0.4, -0.2) is 226 Å². The normalized spacial score (nSPS) is 49.5. The van der Waals surface area contributed by atoms with E-state index in [-0.39, 0.29) is 38.2 Å². The second kappa shape index (κ2) is 23.8. The molecule has 3 saturated carbocycles. The highest BCUT2D eigenvalue weighted by atomic mass is 16.8. The molecule has 446 valence electrons. The van der Waals surface area contributed by atoms with Crippen molar-refractivity contribution in [3.63, 3.8) is 0 Å². The van der Waals surface area contributed by atoms with Crippen LogP contribution in [0.5, 0.6) is 0 Å². The SMILES string of the molecule is CO[C@@H]1[C@@H](O)[C@H](O[C@@H]2[C@@H](C)O[C@@H](O[C@H]3[C@@H](OC)C[C@H](O[C@H]4CC[C@@]5(C)C(=CC[C@]6(O)[C@@H]5C[C@@H](OC(=O)/C=C/c5ccccc5)[C@@]5(C)[C@@]6(O)CC[C@@]5(O)[C@H](C)O)C4)O[C@@H]3C)C[C@H]2OC)O[C@H](C)[C@H]1O[C@@H]1O[C@H](CO)[C@@H](O)[C@H](O)[C@H]1O. The number of ether oxygens (including phenoxy) is 12. The third kappa shape index (κ3) is 10.7. The van der Waals surface area contributed by atoms with E-state index in [1.807, 2.05) is 43.3 Å². The summed E-state index contributed by atoms with van der Waals surface area (Å²) in [6, 6.07) is 9.29. The first-order chi connectivity index (χ1) is 37.4. The minimum atomic E-state index is -1.93. The van der Waals surface area contributed by atoms with Crippen molar-refractivity contribution in [1.82, 2.24) is 0 Å². The van der Waals surface area contributed by atoms with Gasteiger partial charge in [0.15, 0.2) is 25.2 Å². The standard InChI is InChI=1S/C57H86O22/c1-28-47(77-42-25-36(69-8)48(29(2)72-42)78-52-46(64)50(70-9)49(30(3)73-52)79-51-45(63)44(62)43(61)37(27-58)75-51)35(68-7)24-41(71-28)74-34-18-19-53(5)33(23-34)17-20-56(66)38(53)26-39(76-40(60)16-15-32-13-11-10-12-14-32)54(6)55(65,31(4)59)21-22-57(54,56)67/h10-17,28-31,34-39,41-52,58-59,61-67H,18-27H2,1-9H3/b16-15+/t28-,29-,30-,31+,34+,35+,36-,37-,38-,39-,41+,42+,43-,44+,45-,46-,47-,48-,49-,50-,51+,52+,53+,54-,55-,56+,57+/m1/s1. The van der Waals surface area contributed by atoms with Crippen LogP contribution in [0.2, 0.25) is 0 Å². The van der Waals surface area contributed by atoms with Gasteiger partial charge in [0.2, 0.25) is 0 Å². The number of benzene rings is 1. The molecule has 22 nitrogen and oxygen atoms in total. The summed E-state index contributed by atoms with van der Waals surface area (Å²) < 4.78 is 74.2. The summed E-state index contributed by atoms with van der Waals surface area (Å²) in [5, 5.41) is 102. The van der Waals surface area contributed by atoms with Gasteiger partial charge in [-0.3, -0.25) is 0 Å². The van der Waals surface area contributed by atoms with E-state index >= 15 is 0 Å². The van der Waals surface area contributed by atoms with Crippen molar-refractivity contribution < 1.29 is 108 Å². The topological polar surface area (TPSA) is 310 Å². The highest BCUT2D eigenvalue weighted by molar-refractivity contribution is 5.87. The molecule has 79 heavy (non-hydrogen) atoms. The highest BCUT2D eigenvalue weighted by Crippen LogP contribution is 2.71. The average Bonchev–Trinajstić information content (AvgIpc) is 3.24. The fourth-order valence-corrected chi connectivity index (χ4v) is 15.0. The minimum absolute atomic E-state index is 0.00648. The van der Waals surface area contributed by atoms with Crippen molar-refractivity contribution in [3.8, 4) is 0 Å². The van der Waals surface area contributed by atoms with Crippen LogP contribution in [0.3, 0.4) is 0 Å². The van der Waals surface area contributed by atoms with Gasteiger partial charge < -0.3 is 103 Å². The van der Waals surface area contributed by atoms with Crippen LogP contribution < -0.4 is 0 Å². The summed E-state index contributed by atoms with van der Waals surface area (Å²) in [6.45, 7) is 9.87. The fourth-order valence-electron chi connectivity index (χ4n) is 15.0. The average molecular weight is 1120 g/mol. The molecule has 8 aliphatic rings. The van der Waals surface area contributed by atoms with E-state index in [0.29, 0.717) is 25.7 Å². The van der Waals surface area contributed by atoms with Crippen molar-refractivity contribution in [2.75, 3.05) is 27.9 Å². The molecule has 0 spiro atoms. The summed E-state index contributed by atoms with van der Waals surface area (Å²) in [5.41, 5.74) is -5.97. The number of fused-ring (bicyclic) bond motifs is 5. The van der Waals surface area contributed by atoms with E-state index in [9.17, 15) is 50.8 Å². The van der Waals surface area contributed by atoms with Gasteiger partial charge in [-0.2, -0.15) is 0 Å². The van der Waals surface area contributed by atoms with Crippen molar-refractivity contribution in [3.05, 3.63) is 53.6 Å². The Morgan fingerprint density at radius 1 is 0.722 bits per heavy atom. The Morgan fingerprint density at radius 2 is 1.33 bits per heavy atom. The summed E-state index contributed by atoms with van der Waals surface area (Å²) in [7, 11) is 4.50. The van der Waals surface area contributed by atoms with Gasteiger partial charge in [-0.1, -0.05) is 55.8 Å². The quantitative estimate of drug-likeness (QED) is 0.0640. The first-order valence-corrected chi connectivity index (χ1v) is 28.0. The van der Waals surface area contributed by atoms with Crippen molar-refractivity contribution in [2.45, 2.75) is 245 Å². The number of rotatable bonds is 16. The van der Waals surface area contributed by atoms with Gasteiger partial charge in [0.1, 0.15) is 77.8 Å². The molecule has 9 N–H and O–H groups in total. The van der Waals surface area contributed by atoms with E-state index < -0.39 is 169 Å². The highest BCUT2D eigenvalue weighted by Gasteiger charge is 2.81. The van der Waals surface area contributed by atoms with Crippen LogP contribution in [0.15, 0.2) is 48.1 Å². The Hall–Kier alpha value is -2.63. The van der Waals surface area contributed by atoms with Crippen LogP contribution in [0.1, 0.15) is 105 Å². The number of aliphatic hydroxyl groups is 9. The van der Waals surface area contributed by atoms with Gasteiger partial charge in [0.05, 0.1) is 54.7 Å². The van der Waals surface area contributed by atoms with Crippen LogP contribution >= 0.6 is 0 Å². The van der Waals surface area contributed by atoms with Crippen LogP contribution in [-0.2, 0) is 61.6 Å². The Labute approximate surface area is 461 Å². The van der Waals surface area contributed by atoms with Crippen LogP contribution in [0, 0.1) is 16.7 Å². The van der Waals surface area contributed by atoms with E-state index in [2.05, 4.69) is 6.92 Å². The third-order valence-corrected chi connectivity index (χ3v) is 19.7. The molecule has 4 heterocycles. The number of aliphatic hydroxyl groups excluding tert-OH is 6. The second-order valence-corrected chi connectivity index (χ2v) is 23.9. The van der Waals surface area contributed by atoms with Gasteiger partial charge in [-0.05, 0) is 89.7 Å². The second-order valence-electron chi connectivity index (χ2n) is 23.9. The molecule has 1 aromatic rings. The summed E-state index contributed by atoms with van der Waals surface area (Å²) in [4.78, 5) is 13.6. The third-order valence-electron chi connectivity index (χ3n) is 19.7. The lowest BCUT2D eigenvalue weighted by atomic mass is 9.42.